The summed E-state index contributed by atoms with van der Waals surface area (Å²) < 4.78 is 21.8. The van der Waals surface area contributed by atoms with Crippen LogP contribution >= 0.6 is 0 Å². The maximum atomic E-state index is 12.6. The van der Waals surface area contributed by atoms with E-state index in [1.807, 2.05) is 0 Å². The van der Waals surface area contributed by atoms with Gasteiger partial charge in [-0.25, -0.2) is 5.48 Å². The van der Waals surface area contributed by atoms with Gasteiger partial charge in [0, 0.05) is 13.0 Å². The van der Waals surface area contributed by atoms with Gasteiger partial charge in [-0.15, -0.1) is 0 Å². The summed E-state index contributed by atoms with van der Waals surface area (Å²) in [5.41, 5.74) is 2.33. The minimum absolute atomic E-state index is 0.205. The Kier molecular flexibility index (Phi) is 35.1. The van der Waals surface area contributed by atoms with E-state index in [4.69, 9.17) is 23.8 Å². The van der Waals surface area contributed by atoms with E-state index in [-0.39, 0.29) is 19.6 Å². The molecule has 1 saturated heterocycles. The predicted molar refractivity (Wildman–Crippen MR) is 218 cm³/mol. The first-order valence-corrected chi connectivity index (χ1v) is 22.6. The Balaban J connectivity index is 2.21. The van der Waals surface area contributed by atoms with E-state index in [1.165, 1.54) is 122 Å². The van der Waals surface area contributed by atoms with Crippen molar-refractivity contribution in [2.24, 2.45) is 0 Å². The molecule has 13 heteroatoms. The normalized spacial score (nSPS) is 21.6. The first kappa shape index (κ1) is 53.0. The topological polar surface area (TPSA) is 197 Å². The van der Waals surface area contributed by atoms with Crippen molar-refractivity contribution in [2.45, 2.75) is 230 Å². The highest BCUT2D eigenvalue weighted by molar-refractivity contribution is 5.74. The molecule has 0 aromatic heterocycles. The first-order valence-electron chi connectivity index (χ1n) is 22.6. The molecule has 334 valence electrons. The Morgan fingerprint density at radius 3 is 1.54 bits per heavy atom. The molecular formula is C43H85NO12. The number of nitrogens with one attached hydrogen (secondary N) is 1. The average molecular weight is 808 g/mol. The van der Waals surface area contributed by atoms with Crippen LogP contribution in [0.15, 0.2) is 0 Å². The zero-order valence-corrected chi connectivity index (χ0v) is 35.4. The number of carbonyl (C=O) groups is 1. The fourth-order valence-electron chi connectivity index (χ4n) is 6.88. The highest BCUT2D eigenvalue weighted by Gasteiger charge is 2.44. The Labute approximate surface area is 339 Å². The summed E-state index contributed by atoms with van der Waals surface area (Å²) in [7, 11) is 0. The van der Waals surface area contributed by atoms with Crippen LogP contribution in [0.3, 0.4) is 0 Å². The van der Waals surface area contributed by atoms with Crippen LogP contribution in [0.4, 0.5) is 0 Å². The van der Waals surface area contributed by atoms with Crippen LogP contribution in [0, 0.1) is 0 Å². The van der Waals surface area contributed by atoms with Gasteiger partial charge in [0.05, 0.1) is 33.0 Å². The Bertz CT molecular complexity index is 871. The summed E-state index contributed by atoms with van der Waals surface area (Å²) >= 11 is 0. The molecule has 1 heterocycles. The summed E-state index contributed by atoms with van der Waals surface area (Å²) in [5.74, 6) is -0.395. The molecule has 1 rings (SSSR count). The molecule has 0 radical (unpaired) electrons. The van der Waals surface area contributed by atoms with Crippen LogP contribution in [0.5, 0.6) is 0 Å². The molecule has 56 heavy (non-hydrogen) atoms. The zero-order valence-electron chi connectivity index (χ0n) is 35.4. The molecule has 0 saturated carbocycles. The van der Waals surface area contributed by atoms with Crippen molar-refractivity contribution in [3.05, 3.63) is 0 Å². The molecule has 0 bridgehead atoms. The third-order valence-corrected chi connectivity index (χ3v) is 10.7. The number of rotatable bonds is 40. The standard InChI is InChI=1S/C43H85NO12/c1-3-5-7-8-9-10-11-12-13-14-15-16-17-18-19-20-21-22-23-24-25-26-27-28-38(47)44-56-37(39(48)35(46)33-53-31-30-52-29-6-4-2)34-54-43-42(51)41(50)40(49)36(32-45)55-43/h35-37,39-43,45-46,48-51H,3-34H2,1-2H3,(H,44,47)/t35-,36-,37+,39-,40+,41+,42-,43+/m1/s1. The second-order valence-electron chi connectivity index (χ2n) is 15.8. The number of hydrogen-bond donors (Lipinski definition) is 7. The van der Waals surface area contributed by atoms with Gasteiger partial charge in [-0.2, -0.15) is 0 Å². The highest BCUT2D eigenvalue weighted by Crippen LogP contribution is 2.23. The van der Waals surface area contributed by atoms with Gasteiger partial charge < -0.3 is 49.6 Å². The van der Waals surface area contributed by atoms with Crippen LogP contribution in [-0.2, 0) is 28.6 Å². The van der Waals surface area contributed by atoms with Gasteiger partial charge in [0.1, 0.15) is 42.7 Å². The summed E-state index contributed by atoms with van der Waals surface area (Å²) in [6, 6.07) is 0. The lowest BCUT2D eigenvalue weighted by Crippen LogP contribution is -2.59. The minimum Gasteiger partial charge on any atom is -0.394 e. The first-order chi connectivity index (χ1) is 27.3. The van der Waals surface area contributed by atoms with Crippen LogP contribution in [0.25, 0.3) is 0 Å². The zero-order chi connectivity index (χ0) is 41.1. The number of hydrogen-bond acceptors (Lipinski definition) is 12. The maximum absolute atomic E-state index is 12.6. The number of hydroxylamine groups is 1. The van der Waals surface area contributed by atoms with E-state index in [1.54, 1.807) is 0 Å². The van der Waals surface area contributed by atoms with E-state index in [9.17, 15) is 35.4 Å². The Morgan fingerprint density at radius 1 is 0.589 bits per heavy atom. The number of carbonyl (C=O) groups excluding carboxylic acids is 1. The van der Waals surface area contributed by atoms with E-state index < -0.39 is 68.1 Å². The second-order valence-corrected chi connectivity index (χ2v) is 15.8. The van der Waals surface area contributed by atoms with Crippen molar-refractivity contribution in [3.8, 4) is 0 Å². The van der Waals surface area contributed by atoms with Gasteiger partial charge in [0.25, 0.3) is 0 Å². The van der Waals surface area contributed by atoms with Crippen LogP contribution in [-0.4, -0.2) is 125 Å². The Morgan fingerprint density at radius 2 is 1.05 bits per heavy atom. The highest BCUT2D eigenvalue weighted by atomic mass is 16.7. The molecule has 0 aromatic carbocycles. The van der Waals surface area contributed by atoms with Crippen LogP contribution in [0.2, 0.25) is 0 Å². The van der Waals surface area contributed by atoms with Crippen molar-refractivity contribution in [3.63, 3.8) is 0 Å². The molecule has 1 amide bonds. The van der Waals surface area contributed by atoms with Crippen molar-refractivity contribution in [2.75, 3.05) is 39.6 Å². The van der Waals surface area contributed by atoms with Gasteiger partial charge in [-0.3, -0.25) is 9.63 Å². The molecule has 0 unspecified atom stereocenters. The van der Waals surface area contributed by atoms with Crippen LogP contribution < -0.4 is 5.48 Å². The summed E-state index contributed by atoms with van der Waals surface area (Å²) in [5, 5.41) is 61.4. The number of unbranched alkanes of at least 4 members (excludes halogenated alkanes) is 23. The average Bonchev–Trinajstić information content (AvgIpc) is 3.20. The third-order valence-electron chi connectivity index (χ3n) is 10.7. The summed E-state index contributed by atoms with van der Waals surface area (Å²) in [6.07, 6.45) is 20.1. The fourth-order valence-corrected chi connectivity index (χ4v) is 6.88. The van der Waals surface area contributed by atoms with Gasteiger partial charge in [0.2, 0.25) is 5.91 Å². The van der Waals surface area contributed by atoms with Gasteiger partial charge in [0.15, 0.2) is 6.29 Å². The predicted octanol–water partition coefficient (Wildman–Crippen LogP) is 6.16. The fraction of sp³-hybridized carbons (Fsp3) is 0.977. The molecule has 1 fully saturated rings. The number of aliphatic hydroxyl groups excluding tert-OH is 6. The van der Waals surface area contributed by atoms with Gasteiger partial charge in [-0.1, -0.05) is 162 Å². The lowest BCUT2D eigenvalue weighted by molar-refractivity contribution is -0.309. The number of ether oxygens (including phenoxy) is 4. The van der Waals surface area contributed by atoms with Crippen molar-refractivity contribution >= 4 is 5.91 Å². The third kappa shape index (κ3) is 26.9. The molecule has 13 nitrogen and oxygen atoms in total. The smallest absolute Gasteiger partial charge is 0.243 e. The summed E-state index contributed by atoms with van der Waals surface area (Å²) in [4.78, 5) is 18.1. The lowest BCUT2D eigenvalue weighted by Gasteiger charge is -2.40. The SMILES string of the molecule is CCCCCCCCCCCCCCCCCCCCCCCCCC(=O)NO[C@@H](CO[C@H]1O[C@H](CO)[C@H](O)[C@H](O)[C@H]1O)[C@H](O)[C@H](O)COCCOCCCC. The molecule has 0 spiro atoms. The minimum atomic E-state index is -1.67. The number of amides is 1. The number of aliphatic hydroxyl groups is 6. The van der Waals surface area contributed by atoms with E-state index in [0.717, 1.165) is 32.1 Å². The van der Waals surface area contributed by atoms with Crippen molar-refractivity contribution in [1.29, 1.82) is 0 Å². The quantitative estimate of drug-likeness (QED) is 0.0276. The van der Waals surface area contributed by atoms with Crippen LogP contribution in [0.1, 0.15) is 181 Å². The van der Waals surface area contributed by atoms with E-state index in [0.29, 0.717) is 19.6 Å². The molecular weight excluding hydrogens is 722 g/mol. The van der Waals surface area contributed by atoms with E-state index in [2.05, 4.69) is 19.3 Å². The van der Waals surface area contributed by atoms with Crippen molar-refractivity contribution < 1.29 is 59.2 Å². The molecule has 0 aliphatic carbocycles. The maximum Gasteiger partial charge on any atom is 0.243 e. The Hall–Kier alpha value is -0.970. The molecule has 8 atom stereocenters. The summed E-state index contributed by atoms with van der Waals surface area (Å²) in [6.45, 7) is 4.11. The van der Waals surface area contributed by atoms with E-state index >= 15 is 0 Å². The lowest BCUT2D eigenvalue weighted by atomic mass is 9.99. The molecule has 1 aliphatic rings. The van der Waals surface area contributed by atoms with Gasteiger partial charge in [-0.05, 0) is 12.8 Å². The molecule has 1 aliphatic heterocycles. The molecule has 7 N–H and O–H groups in total. The van der Waals surface area contributed by atoms with Gasteiger partial charge >= 0.3 is 0 Å². The largest absolute Gasteiger partial charge is 0.394 e. The molecule has 0 aromatic rings. The van der Waals surface area contributed by atoms with Crippen molar-refractivity contribution in [1.82, 2.24) is 5.48 Å². The second kappa shape index (κ2) is 37.1. The monoisotopic (exact) mass is 808 g/mol.